The Balaban J connectivity index is 3.23. The Hall–Kier alpha value is -1.45. The van der Waals surface area contributed by atoms with Crippen molar-refractivity contribution in [2.75, 3.05) is 0 Å². The molecule has 1 aromatic carbocycles. The molecule has 0 saturated heterocycles. The summed E-state index contributed by atoms with van der Waals surface area (Å²) in [6, 6.07) is 5.22. The van der Waals surface area contributed by atoms with Gasteiger partial charge in [-0.3, -0.25) is 0 Å². The van der Waals surface area contributed by atoms with Gasteiger partial charge in [-0.1, -0.05) is 6.07 Å². The van der Waals surface area contributed by atoms with Gasteiger partial charge in [0, 0.05) is 0 Å². The van der Waals surface area contributed by atoms with Gasteiger partial charge in [-0.25, -0.2) is 17.9 Å². The summed E-state index contributed by atoms with van der Waals surface area (Å²) in [7, 11) is -4.02. The van der Waals surface area contributed by atoms with Crippen LogP contribution in [0.1, 0.15) is 5.56 Å². The van der Waals surface area contributed by atoms with Gasteiger partial charge in [-0.05, 0) is 17.7 Å². The third kappa shape index (κ3) is 2.28. The fourth-order valence-corrected chi connectivity index (χ4v) is 1.56. The average Bonchev–Trinajstić information content (AvgIpc) is 2.02. The number of nitriles is 1. The van der Waals surface area contributed by atoms with Gasteiger partial charge in [-0.2, -0.15) is 5.26 Å². The second-order valence-electron chi connectivity index (χ2n) is 2.64. The van der Waals surface area contributed by atoms with Crippen LogP contribution in [0.2, 0.25) is 0 Å². The third-order valence-electron chi connectivity index (χ3n) is 1.59. The van der Waals surface area contributed by atoms with E-state index in [1.165, 1.54) is 6.07 Å². The SMILES string of the molecule is N#CCc1ccc(S(N)(=O)=O)c(F)c1. The van der Waals surface area contributed by atoms with E-state index in [0.29, 0.717) is 5.56 Å². The van der Waals surface area contributed by atoms with E-state index in [4.69, 9.17) is 10.4 Å². The number of hydrogen-bond acceptors (Lipinski definition) is 3. The molecule has 4 nitrogen and oxygen atoms in total. The Morgan fingerprint density at radius 1 is 1.50 bits per heavy atom. The van der Waals surface area contributed by atoms with Crippen molar-refractivity contribution in [3.63, 3.8) is 0 Å². The minimum atomic E-state index is -4.02. The van der Waals surface area contributed by atoms with Crippen molar-refractivity contribution in [3.8, 4) is 6.07 Å². The molecule has 0 bridgehead atoms. The summed E-state index contributed by atoms with van der Waals surface area (Å²) in [6.07, 6.45) is 0.0296. The fraction of sp³-hybridized carbons (Fsp3) is 0.125. The van der Waals surface area contributed by atoms with Crippen LogP contribution in [-0.2, 0) is 16.4 Å². The van der Waals surface area contributed by atoms with Crippen LogP contribution in [0.25, 0.3) is 0 Å². The molecule has 0 aromatic heterocycles. The van der Waals surface area contributed by atoms with Gasteiger partial charge >= 0.3 is 0 Å². The molecule has 0 aliphatic rings. The van der Waals surface area contributed by atoms with Crippen LogP contribution in [0.4, 0.5) is 4.39 Å². The molecule has 6 heteroatoms. The molecule has 14 heavy (non-hydrogen) atoms. The van der Waals surface area contributed by atoms with E-state index < -0.39 is 20.7 Å². The molecular weight excluding hydrogens is 207 g/mol. The highest BCUT2D eigenvalue weighted by Gasteiger charge is 2.13. The lowest BCUT2D eigenvalue weighted by molar-refractivity contribution is 0.567. The number of nitrogens with zero attached hydrogens (tertiary/aromatic N) is 1. The molecule has 0 aliphatic carbocycles. The van der Waals surface area contributed by atoms with E-state index in [1.54, 1.807) is 0 Å². The summed E-state index contributed by atoms with van der Waals surface area (Å²) >= 11 is 0. The summed E-state index contributed by atoms with van der Waals surface area (Å²) in [5, 5.41) is 13.1. The van der Waals surface area contributed by atoms with E-state index in [1.807, 2.05) is 6.07 Å². The van der Waals surface area contributed by atoms with Gasteiger partial charge in [0.15, 0.2) is 0 Å². The van der Waals surface area contributed by atoms with E-state index in [-0.39, 0.29) is 6.42 Å². The molecule has 1 rings (SSSR count). The van der Waals surface area contributed by atoms with Crippen molar-refractivity contribution in [2.24, 2.45) is 5.14 Å². The smallest absolute Gasteiger partial charge is 0.225 e. The Labute approximate surface area is 80.8 Å². The predicted molar refractivity (Wildman–Crippen MR) is 47.1 cm³/mol. The van der Waals surface area contributed by atoms with Gasteiger partial charge in [0.05, 0.1) is 12.5 Å². The Morgan fingerprint density at radius 2 is 2.14 bits per heavy atom. The Kier molecular flexibility index (Phi) is 2.84. The molecule has 0 saturated carbocycles. The summed E-state index contributed by atoms with van der Waals surface area (Å²) in [5.74, 6) is -0.930. The van der Waals surface area contributed by atoms with Crippen LogP contribution in [0.3, 0.4) is 0 Å². The Bertz CT molecular complexity index is 491. The minimum Gasteiger partial charge on any atom is -0.225 e. The first-order valence-corrected chi connectivity index (χ1v) is 5.18. The van der Waals surface area contributed by atoms with E-state index in [0.717, 1.165) is 12.1 Å². The van der Waals surface area contributed by atoms with Crippen molar-refractivity contribution in [2.45, 2.75) is 11.3 Å². The molecule has 0 heterocycles. The highest BCUT2D eigenvalue weighted by atomic mass is 32.2. The fourth-order valence-electron chi connectivity index (χ4n) is 0.976. The van der Waals surface area contributed by atoms with E-state index in [9.17, 15) is 12.8 Å². The van der Waals surface area contributed by atoms with Gasteiger partial charge in [-0.15, -0.1) is 0 Å². The number of hydrogen-bond donors (Lipinski definition) is 1. The monoisotopic (exact) mass is 214 g/mol. The quantitative estimate of drug-likeness (QED) is 0.779. The van der Waals surface area contributed by atoms with Crippen LogP contribution < -0.4 is 5.14 Å². The largest absolute Gasteiger partial charge is 0.240 e. The third-order valence-corrected chi connectivity index (χ3v) is 2.53. The number of nitrogens with two attached hydrogens (primary N) is 1. The van der Waals surface area contributed by atoms with E-state index in [2.05, 4.69) is 0 Å². The molecule has 0 unspecified atom stereocenters. The van der Waals surface area contributed by atoms with Crippen LogP contribution in [-0.4, -0.2) is 8.42 Å². The maximum atomic E-state index is 13.1. The number of rotatable bonds is 2. The lowest BCUT2D eigenvalue weighted by Crippen LogP contribution is -2.14. The molecular formula is C8H7FN2O2S. The first-order chi connectivity index (χ1) is 6.45. The number of sulfonamides is 1. The summed E-state index contributed by atoms with van der Waals surface area (Å²) in [4.78, 5) is -0.556. The zero-order valence-corrected chi connectivity index (χ0v) is 7.88. The molecule has 2 N–H and O–H groups in total. The van der Waals surface area contributed by atoms with Gasteiger partial charge in [0.1, 0.15) is 10.7 Å². The van der Waals surface area contributed by atoms with Gasteiger partial charge in [0.2, 0.25) is 10.0 Å². The zero-order valence-electron chi connectivity index (χ0n) is 7.07. The molecule has 0 amide bonds. The zero-order chi connectivity index (χ0) is 10.8. The normalized spacial score (nSPS) is 10.9. The number of primary sulfonamides is 1. The summed E-state index contributed by atoms with van der Waals surface area (Å²) in [6.45, 7) is 0. The van der Waals surface area contributed by atoms with E-state index >= 15 is 0 Å². The van der Waals surface area contributed by atoms with Gasteiger partial charge in [0.25, 0.3) is 0 Å². The lowest BCUT2D eigenvalue weighted by atomic mass is 10.2. The van der Waals surface area contributed by atoms with Crippen molar-refractivity contribution in [1.29, 1.82) is 5.26 Å². The molecule has 0 aliphatic heterocycles. The molecule has 0 fully saturated rings. The number of benzene rings is 1. The maximum Gasteiger partial charge on any atom is 0.240 e. The van der Waals surface area contributed by atoms with Gasteiger partial charge < -0.3 is 0 Å². The molecule has 74 valence electrons. The second kappa shape index (κ2) is 3.74. The van der Waals surface area contributed by atoms with Crippen LogP contribution in [0.15, 0.2) is 23.1 Å². The van der Waals surface area contributed by atoms with Crippen molar-refractivity contribution < 1.29 is 12.8 Å². The first kappa shape index (κ1) is 10.6. The summed E-state index contributed by atoms with van der Waals surface area (Å²) in [5.41, 5.74) is 0.414. The molecule has 0 radical (unpaired) electrons. The predicted octanol–water partition coefficient (Wildman–Crippen LogP) is 0.539. The maximum absolute atomic E-state index is 13.1. The Morgan fingerprint density at radius 3 is 2.57 bits per heavy atom. The van der Waals surface area contributed by atoms with Crippen molar-refractivity contribution >= 4 is 10.0 Å². The van der Waals surface area contributed by atoms with Crippen molar-refractivity contribution in [3.05, 3.63) is 29.6 Å². The highest BCUT2D eigenvalue weighted by molar-refractivity contribution is 7.89. The second-order valence-corrected chi connectivity index (χ2v) is 4.17. The minimum absolute atomic E-state index is 0.0296. The lowest BCUT2D eigenvalue weighted by Gasteiger charge is -2.01. The van der Waals surface area contributed by atoms with Crippen LogP contribution in [0, 0.1) is 17.1 Å². The topological polar surface area (TPSA) is 83.9 Å². The highest BCUT2D eigenvalue weighted by Crippen LogP contribution is 2.14. The molecule has 0 spiro atoms. The molecule has 1 aromatic rings. The number of halogens is 1. The van der Waals surface area contributed by atoms with Crippen molar-refractivity contribution in [1.82, 2.24) is 0 Å². The summed E-state index contributed by atoms with van der Waals surface area (Å²) < 4.78 is 34.7. The molecule has 0 atom stereocenters. The first-order valence-electron chi connectivity index (χ1n) is 3.63. The van der Waals surface area contributed by atoms with Crippen LogP contribution >= 0.6 is 0 Å². The standard InChI is InChI=1S/C8H7FN2O2S/c9-7-5-6(3-4-10)1-2-8(7)14(11,12)13/h1-2,5H,3H2,(H2,11,12,13). The van der Waals surface area contributed by atoms with Crippen LogP contribution in [0.5, 0.6) is 0 Å². The average molecular weight is 214 g/mol.